The van der Waals surface area contributed by atoms with Crippen molar-refractivity contribution in [2.75, 3.05) is 5.75 Å². The van der Waals surface area contributed by atoms with Gasteiger partial charge in [-0.3, -0.25) is 9.99 Å². The zero-order chi connectivity index (χ0) is 14.2. The summed E-state index contributed by atoms with van der Waals surface area (Å²) < 4.78 is 0. The molecule has 0 spiro atoms. The van der Waals surface area contributed by atoms with E-state index in [-0.39, 0.29) is 15.2 Å². The first-order valence-corrected chi connectivity index (χ1v) is 9.54. The molecule has 0 aromatic carbocycles. The minimum atomic E-state index is -0.930. The number of pyridine rings is 1. The molecule has 0 amide bonds. The molecule has 10 heteroatoms. The fourth-order valence-corrected chi connectivity index (χ4v) is 6.90. The molecule has 5 nitrogen and oxygen atoms in total. The summed E-state index contributed by atoms with van der Waals surface area (Å²) in [5.74, 6) is 0.374. The predicted octanol–water partition coefficient (Wildman–Crippen LogP) is 4.35. The van der Waals surface area contributed by atoms with Gasteiger partial charge in [0.05, 0.1) is 10.0 Å². The summed E-state index contributed by atoms with van der Waals surface area (Å²) in [7, 11) is -0.351. The Bertz CT molecular complexity index is 584. The minimum absolute atomic E-state index is 0.211. The SMILES string of the molecule is CC/S(c1nc(Cl)c(Cl)cc1Cl)=[P+]1\[N-]N1OC(C)=O. The molecule has 104 valence electrons. The molecule has 0 radical (unpaired) electrons. The number of halogens is 3. The number of hydrogen-bond donors (Lipinski definition) is 0. The van der Waals surface area contributed by atoms with Gasteiger partial charge in [0.2, 0.25) is 0 Å². The number of hydrogen-bond acceptors (Lipinski definition) is 3. The minimum Gasteiger partial charge on any atom is -0.344 e. The maximum Gasteiger partial charge on any atom is 0.324 e. The summed E-state index contributed by atoms with van der Waals surface area (Å²) >= 11 is 17.9. The second-order valence-corrected chi connectivity index (χ2v) is 9.57. The van der Waals surface area contributed by atoms with E-state index in [1.807, 2.05) is 6.92 Å². The van der Waals surface area contributed by atoms with Gasteiger partial charge in [-0.05, 0) is 11.0 Å². The van der Waals surface area contributed by atoms with Crippen LogP contribution >= 0.6 is 41.8 Å². The molecule has 3 unspecified atom stereocenters. The van der Waals surface area contributed by atoms with Crippen LogP contribution in [0.2, 0.25) is 15.2 Å². The molecule has 3 atom stereocenters. The summed E-state index contributed by atoms with van der Waals surface area (Å²) in [5, 5.41) is 5.76. The Kier molecular flexibility index (Phi) is 5.06. The third kappa shape index (κ3) is 3.58. The molecular formula is C9H9Cl3N3O2PS. The molecule has 0 saturated carbocycles. The van der Waals surface area contributed by atoms with E-state index >= 15 is 0 Å². The molecule has 1 aromatic rings. The van der Waals surface area contributed by atoms with Gasteiger partial charge >= 0.3 is 5.97 Å². The van der Waals surface area contributed by atoms with E-state index < -0.39 is 13.0 Å². The van der Waals surface area contributed by atoms with Gasteiger partial charge in [-0.25, -0.2) is 4.98 Å². The molecule has 19 heavy (non-hydrogen) atoms. The standard InChI is InChI=1S/C9H9Cl3N3O2PS/c1-3-19(18-14-15(18)17-5(2)16)9-7(11)4-6(10)8(12)13-9/h4H,3H2,1-2H3. The van der Waals surface area contributed by atoms with Crippen LogP contribution in [0.3, 0.4) is 0 Å². The zero-order valence-corrected chi connectivity index (χ0v) is 13.9. The third-order valence-electron chi connectivity index (χ3n) is 2.03. The summed E-state index contributed by atoms with van der Waals surface area (Å²) in [6.07, 6.45) is 0. The highest BCUT2D eigenvalue weighted by Gasteiger charge is 2.35. The van der Waals surface area contributed by atoms with Gasteiger partial charge in [0.15, 0.2) is 7.00 Å². The largest absolute Gasteiger partial charge is 0.344 e. The lowest BCUT2D eigenvalue weighted by Crippen LogP contribution is -2.02. The number of aromatic nitrogens is 1. The normalized spacial score (nSPS) is 21.1. The van der Waals surface area contributed by atoms with Crippen LogP contribution in [-0.2, 0) is 19.7 Å². The predicted molar refractivity (Wildman–Crippen MR) is 79.3 cm³/mol. The smallest absolute Gasteiger partial charge is 0.324 e. The maximum absolute atomic E-state index is 10.9. The van der Waals surface area contributed by atoms with Crippen molar-refractivity contribution in [1.82, 2.24) is 9.93 Å². The fraction of sp³-hybridized carbons (Fsp3) is 0.333. The Balaban J connectivity index is 2.37. The van der Waals surface area contributed by atoms with Crippen LogP contribution in [0.25, 0.3) is 5.20 Å². The highest BCUT2D eigenvalue weighted by atomic mass is 35.5. The molecule has 0 aliphatic carbocycles. The number of rotatable bonds is 3. The summed E-state index contributed by atoms with van der Waals surface area (Å²) in [5.41, 5.74) is 0. The molecular weight excluding hydrogens is 352 g/mol. The molecule has 2 rings (SSSR count). The van der Waals surface area contributed by atoms with Gasteiger partial charge in [-0.15, -0.1) is 0 Å². The van der Waals surface area contributed by atoms with Gasteiger partial charge in [-0.1, -0.05) is 41.7 Å². The zero-order valence-electron chi connectivity index (χ0n) is 9.93. The number of nitrogens with zero attached hydrogens (tertiary/aromatic N) is 3. The first kappa shape index (κ1) is 15.4. The summed E-state index contributed by atoms with van der Waals surface area (Å²) in [4.78, 5) is 21.3. The molecule has 2 heterocycles. The van der Waals surface area contributed by atoms with Crippen molar-refractivity contribution < 1.29 is 9.63 Å². The number of carbonyl (C=O) groups excluding carboxylic acids is 1. The molecule has 1 saturated heterocycles. The van der Waals surface area contributed by atoms with Crippen molar-refractivity contribution in [1.29, 1.82) is 0 Å². The molecule has 1 aliphatic rings. The van der Waals surface area contributed by atoms with Gasteiger partial charge in [0.1, 0.15) is 10.2 Å². The van der Waals surface area contributed by atoms with E-state index in [1.165, 1.54) is 11.9 Å². The lowest BCUT2D eigenvalue weighted by atomic mass is 10.5. The van der Waals surface area contributed by atoms with Crippen LogP contribution in [0.4, 0.5) is 0 Å². The van der Waals surface area contributed by atoms with Gasteiger partial charge < -0.3 is 4.84 Å². The average molecular weight is 361 g/mol. The van der Waals surface area contributed by atoms with Crippen LogP contribution in [0, 0.1) is 0 Å². The van der Waals surface area contributed by atoms with Crippen molar-refractivity contribution >= 4 is 57.8 Å². The van der Waals surface area contributed by atoms with Crippen LogP contribution in [-0.4, -0.2) is 21.6 Å². The topological polar surface area (TPSA) is 56.3 Å². The quantitative estimate of drug-likeness (QED) is 0.457. The molecule has 0 N–H and O–H groups in total. The van der Waals surface area contributed by atoms with Crippen LogP contribution < -0.4 is 0 Å². The van der Waals surface area contributed by atoms with E-state index in [4.69, 9.17) is 39.6 Å². The Morgan fingerprint density at radius 3 is 2.79 bits per heavy atom. The second kappa shape index (κ2) is 6.22. The highest BCUT2D eigenvalue weighted by molar-refractivity contribution is 8.28. The maximum atomic E-state index is 10.9. The monoisotopic (exact) mass is 359 g/mol. The van der Waals surface area contributed by atoms with Gasteiger partial charge in [-0.2, -0.15) is 0 Å². The van der Waals surface area contributed by atoms with Gasteiger partial charge in [0.25, 0.3) is 0 Å². The highest BCUT2D eigenvalue weighted by Crippen LogP contribution is 2.61. The van der Waals surface area contributed by atoms with Gasteiger partial charge in [0, 0.05) is 22.7 Å². The first-order chi connectivity index (χ1) is 8.93. The average Bonchev–Trinajstić information content (AvgIpc) is 3.04. The first-order valence-electron chi connectivity index (χ1n) is 5.16. The Hall–Kier alpha value is 0.0600. The third-order valence-corrected chi connectivity index (χ3v) is 8.53. The van der Waals surface area contributed by atoms with Crippen molar-refractivity contribution in [3.63, 3.8) is 0 Å². The molecule has 1 aromatic heterocycles. The molecule has 0 bridgehead atoms. The summed E-state index contributed by atoms with van der Waals surface area (Å²) in [6, 6.07) is 1.57. The lowest BCUT2D eigenvalue weighted by Gasteiger charge is -2.04. The van der Waals surface area contributed by atoms with Crippen molar-refractivity contribution in [3.05, 3.63) is 26.5 Å². The van der Waals surface area contributed by atoms with E-state index in [9.17, 15) is 4.79 Å². The number of carbonyl (C=O) groups is 1. The van der Waals surface area contributed by atoms with E-state index in [2.05, 4.69) is 10.2 Å². The van der Waals surface area contributed by atoms with Crippen molar-refractivity contribution in [2.45, 2.75) is 18.9 Å². The van der Waals surface area contributed by atoms with Crippen molar-refractivity contribution in [2.24, 2.45) is 0 Å². The van der Waals surface area contributed by atoms with E-state index in [0.717, 1.165) is 5.75 Å². The lowest BCUT2D eigenvalue weighted by molar-refractivity contribution is -0.156. The molecule has 1 fully saturated rings. The van der Waals surface area contributed by atoms with Crippen molar-refractivity contribution in [3.8, 4) is 0 Å². The van der Waals surface area contributed by atoms with E-state index in [1.54, 1.807) is 6.07 Å². The summed E-state index contributed by atoms with van der Waals surface area (Å²) in [6.45, 7) is 2.39. The second-order valence-electron chi connectivity index (χ2n) is 3.38. The Morgan fingerprint density at radius 1 is 1.53 bits per heavy atom. The van der Waals surface area contributed by atoms with Crippen LogP contribution in [0.15, 0.2) is 11.1 Å². The fourth-order valence-electron chi connectivity index (χ4n) is 1.27. The Morgan fingerprint density at radius 2 is 2.21 bits per heavy atom. The Labute approximate surface area is 128 Å². The van der Waals surface area contributed by atoms with Crippen LogP contribution in [0.1, 0.15) is 13.8 Å². The van der Waals surface area contributed by atoms with E-state index in [0.29, 0.717) is 15.1 Å². The van der Waals surface area contributed by atoms with Crippen LogP contribution in [0.5, 0.6) is 0 Å². The molecule has 1 aliphatic heterocycles.